The van der Waals surface area contributed by atoms with Crippen molar-refractivity contribution in [3.8, 4) is 11.3 Å². The summed E-state index contributed by atoms with van der Waals surface area (Å²) in [6, 6.07) is 12.8. The van der Waals surface area contributed by atoms with Gasteiger partial charge >= 0.3 is 0 Å². The Balaban J connectivity index is 0.000000819. The van der Waals surface area contributed by atoms with E-state index in [2.05, 4.69) is 53.3 Å². The van der Waals surface area contributed by atoms with E-state index in [-0.39, 0.29) is 1.43 Å². The van der Waals surface area contributed by atoms with Gasteiger partial charge < -0.3 is 4.98 Å². The second-order valence-corrected chi connectivity index (χ2v) is 4.36. The Hall–Kier alpha value is -2.09. The minimum Gasteiger partial charge on any atom is -0.342 e. The van der Waals surface area contributed by atoms with Crippen molar-refractivity contribution >= 4 is 10.8 Å². The number of hydrogen-bond donors (Lipinski definition) is 1. The average molecular weight is 284 g/mol. The molecular weight excluding hydrogens is 256 g/mol. The van der Waals surface area contributed by atoms with Gasteiger partial charge in [-0.05, 0) is 30.2 Å². The number of aromatic nitrogens is 2. The summed E-state index contributed by atoms with van der Waals surface area (Å²) in [5.74, 6) is 0.949. The molecule has 0 saturated heterocycles. The van der Waals surface area contributed by atoms with Crippen LogP contribution in [0.4, 0.5) is 0 Å². The van der Waals surface area contributed by atoms with Crippen LogP contribution in [0.3, 0.4) is 0 Å². The highest BCUT2D eigenvalue weighted by atomic mass is 14.9. The van der Waals surface area contributed by atoms with Gasteiger partial charge in [0.2, 0.25) is 0 Å². The van der Waals surface area contributed by atoms with Crippen LogP contribution in [0.5, 0.6) is 0 Å². The summed E-state index contributed by atoms with van der Waals surface area (Å²) in [7, 11) is 0. The molecule has 0 aliphatic heterocycles. The number of H-pyrrole nitrogens is 1. The van der Waals surface area contributed by atoms with Gasteiger partial charge in [-0.25, -0.2) is 4.98 Å². The summed E-state index contributed by atoms with van der Waals surface area (Å²) in [4.78, 5) is 7.56. The molecule has 3 rings (SSSR count). The molecule has 0 bridgehead atoms. The molecule has 1 aromatic heterocycles. The zero-order chi connectivity index (χ0) is 15.8. The number of imidazole rings is 1. The second-order valence-electron chi connectivity index (χ2n) is 4.36. The molecule has 0 fully saturated rings. The van der Waals surface area contributed by atoms with Crippen molar-refractivity contribution in [2.45, 2.75) is 41.5 Å². The normalized spacial score (nSPS) is 9.43. The molecule has 1 heterocycles. The Morgan fingerprint density at radius 2 is 1.48 bits per heavy atom. The number of nitrogens with one attached hydrogen (secondary N) is 1. The van der Waals surface area contributed by atoms with Gasteiger partial charge in [-0.15, -0.1) is 0 Å². The third-order valence-corrected chi connectivity index (χ3v) is 3.14. The largest absolute Gasteiger partial charge is 0.342 e. The van der Waals surface area contributed by atoms with Crippen LogP contribution < -0.4 is 0 Å². The van der Waals surface area contributed by atoms with E-state index in [1.54, 1.807) is 0 Å². The molecule has 21 heavy (non-hydrogen) atoms. The maximum absolute atomic E-state index is 4.27. The van der Waals surface area contributed by atoms with Gasteiger partial charge in [-0.2, -0.15) is 0 Å². The Labute approximate surface area is 129 Å². The summed E-state index contributed by atoms with van der Waals surface area (Å²) in [6.45, 7) is 12.1. The molecule has 114 valence electrons. The van der Waals surface area contributed by atoms with E-state index in [9.17, 15) is 0 Å². The fourth-order valence-corrected chi connectivity index (χ4v) is 2.24. The first kappa shape index (κ1) is 17.0. The SMILES string of the molecule is CC.CC.Cc1ncc(-c2ccc(C)c3ccccc23)[nH]1.[HH]. The third kappa shape index (κ3) is 3.72. The molecule has 0 aliphatic carbocycles. The molecule has 0 saturated carbocycles. The van der Waals surface area contributed by atoms with E-state index >= 15 is 0 Å². The lowest BCUT2D eigenvalue weighted by molar-refractivity contribution is 1.15. The lowest BCUT2D eigenvalue weighted by Gasteiger charge is -2.07. The summed E-state index contributed by atoms with van der Waals surface area (Å²) >= 11 is 0. The van der Waals surface area contributed by atoms with Crippen molar-refractivity contribution in [1.29, 1.82) is 0 Å². The van der Waals surface area contributed by atoms with E-state index in [4.69, 9.17) is 0 Å². The summed E-state index contributed by atoms with van der Waals surface area (Å²) in [6.07, 6.45) is 1.90. The molecule has 0 unspecified atom stereocenters. The fourth-order valence-electron chi connectivity index (χ4n) is 2.24. The third-order valence-electron chi connectivity index (χ3n) is 3.14. The molecule has 0 radical (unpaired) electrons. The van der Waals surface area contributed by atoms with E-state index in [0.29, 0.717) is 0 Å². The van der Waals surface area contributed by atoms with Crippen LogP contribution >= 0.6 is 0 Å². The number of fused-ring (bicyclic) bond motifs is 1. The number of benzene rings is 2. The molecule has 0 atom stereocenters. The topological polar surface area (TPSA) is 28.7 Å². The first-order chi connectivity index (χ1) is 10.3. The van der Waals surface area contributed by atoms with E-state index in [0.717, 1.165) is 11.5 Å². The van der Waals surface area contributed by atoms with Gasteiger partial charge in [-0.1, -0.05) is 64.1 Å². The summed E-state index contributed by atoms with van der Waals surface area (Å²) in [5.41, 5.74) is 3.60. The minimum atomic E-state index is 0. The standard InChI is InChI=1S/C15H14N2.2C2H6.H2/c1-10-7-8-14(15-9-16-11(2)17-15)13-6-4-3-5-12(10)13;2*1-2;/h3-9H,1-2H3,(H,16,17);2*1-2H3;1H. The first-order valence-corrected chi connectivity index (χ1v) is 7.76. The molecule has 2 aromatic carbocycles. The molecular formula is C19H28N2. The van der Waals surface area contributed by atoms with Crippen LogP contribution in [0.15, 0.2) is 42.6 Å². The minimum absolute atomic E-state index is 0. The zero-order valence-electron chi connectivity index (χ0n) is 14.0. The number of aromatic amines is 1. The highest BCUT2D eigenvalue weighted by Gasteiger charge is 2.06. The molecule has 0 aliphatic rings. The Morgan fingerprint density at radius 1 is 0.857 bits per heavy atom. The van der Waals surface area contributed by atoms with E-state index < -0.39 is 0 Å². The number of hydrogen-bond acceptors (Lipinski definition) is 1. The van der Waals surface area contributed by atoms with Crippen molar-refractivity contribution in [3.05, 3.63) is 54.0 Å². The monoisotopic (exact) mass is 284 g/mol. The van der Waals surface area contributed by atoms with Crippen LogP contribution in [-0.2, 0) is 0 Å². The molecule has 1 N–H and O–H groups in total. The van der Waals surface area contributed by atoms with Crippen molar-refractivity contribution in [2.75, 3.05) is 0 Å². The van der Waals surface area contributed by atoms with Crippen LogP contribution in [-0.4, -0.2) is 9.97 Å². The highest BCUT2D eigenvalue weighted by molar-refractivity contribution is 5.97. The number of rotatable bonds is 1. The van der Waals surface area contributed by atoms with Crippen molar-refractivity contribution in [3.63, 3.8) is 0 Å². The fraction of sp³-hybridized carbons (Fsp3) is 0.316. The summed E-state index contributed by atoms with van der Waals surface area (Å²) in [5, 5.41) is 2.58. The molecule has 2 heteroatoms. The van der Waals surface area contributed by atoms with Crippen molar-refractivity contribution in [2.24, 2.45) is 0 Å². The van der Waals surface area contributed by atoms with Crippen LogP contribution in [0.2, 0.25) is 0 Å². The van der Waals surface area contributed by atoms with Gasteiger partial charge in [0.05, 0.1) is 11.9 Å². The summed E-state index contributed by atoms with van der Waals surface area (Å²) < 4.78 is 0. The Bertz CT molecular complexity index is 687. The predicted molar refractivity (Wildman–Crippen MR) is 95.8 cm³/mol. The highest BCUT2D eigenvalue weighted by Crippen LogP contribution is 2.29. The van der Waals surface area contributed by atoms with Gasteiger partial charge in [-0.3, -0.25) is 0 Å². The quantitative estimate of drug-likeness (QED) is 0.570. The Morgan fingerprint density at radius 3 is 2.05 bits per heavy atom. The van der Waals surface area contributed by atoms with Gasteiger partial charge in [0.25, 0.3) is 0 Å². The van der Waals surface area contributed by atoms with Gasteiger partial charge in [0, 0.05) is 6.99 Å². The first-order valence-electron chi connectivity index (χ1n) is 7.76. The second kappa shape index (κ2) is 8.25. The number of aryl methyl sites for hydroxylation is 2. The molecule has 0 spiro atoms. The van der Waals surface area contributed by atoms with Gasteiger partial charge in [0.1, 0.15) is 5.82 Å². The van der Waals surface area contributed by atoms with Crippen LogP contribution in [0, 0.1) is 13.8 Å². The zero-order valence-corrected chi connectivity index (χ0v) is 14.0. The molecule has 2 nitrogen and oxygen atoms in total. The van der Waals surface area contributed by atoms with E-state index in [1.165, 1.54) is 21.9 Å². The predicted octanol–water partition coefficient (Wildman–Crippen LogP) is 6.15. The van der Waals surface area contributed by atoms with Crippen LogP contribution in [0.1, 0.15) is 40.5 Å². The maximum atomic E-state index is 4.27. The van der Waals surface area contributed by atoms with Crippen molar-refractivity contribution in [1.82, 2.24) is 9.97 Å². The lowest BCUT2D eigenvalue weighted by atomic mass is 9.99. The molecule has 3 aromatic rings. The maximum Gasteiger partial charge on any atom is 0.103 e. The van der Waals surface area contributed by atoms with Gasteiger partial charge in [0.15, 0.2) is 0 Å². The average Bonchev–Trinajstić information content (AvgIpc) is 2.98. The van der Waals surface area contributed by atoms with Crippen LogP contribution in [0.25, 0.3) is 22.0 Å². The molecule has 0 amide bonds. The smallest absolute Gasteiger partial charge is 0.103 e. The number of nitrogens with zero attached hydrogens (tertiary/aromatic N) is 1. The Kier molecular flexibility index (Phi) is 6.67. The van der Waals surface area contributed by atoms with Crippen molar-refractivity contribution < 1.29 is 1.43 Å². The van der Waals surface area contributed by atoms with E-state index in [1.807, 2.05) is 40.8 Å². The lowest BCUT2D eigenvalue weighted by Crippen LogP contribution is -1.84.